The summed E-state index contributed by atoms with van der Waals surface area (Å²) in [6.45, 7) is 0. The molecule has 0 saturated carbocycles. The Hall–Kier alpha value is -2.39. The first kappa shape index (κ1) is 13.6. The molecule has 0 saturated heterocycles. The second-order valence-electron chi connectivity index (χ2n) is 4.83. The van der Waals surface area contributed by atoms with E-state index >= 15 is 0 Å². The molecule has 0 bridgehead atoms. The van der Waals surface area contributed by atoms with Crippen molar-refractivity contribution in [2.24, 2.45) is 0 Å². The van der Waals surface area contributed by atoms with Crippen LogP contribution in [0, 0.1) is 5.82 Å². The number of hydrogen-bond donors (Lipinski definition) is 1. The van der Waals surface area contributed by atoms with Gasteiger partial charge < -0.3 is 9.84 Å². The van der Waals surface area contributed by atoms with Gasteiger partial charge >= 0.3 is 0 Å². The van der Waals surface area contributed by atoms with Crippen LogP contribution in [0.4, 0.5) is 4.39 Å². The quantitative estimate of drug-likeness (QED) is 0.784. The van der Waals surface area contributed by atoms with E-state index < -0.39 is 11.9 Å². The van der Waals surface area contributed by atoms with E-state index in [-0.39, 0.29) is 5.56 Å². The van der Waals surface area contributed by atoms with Gasteiger partial charge in [-0.15, -0.1) is 0 Å². The predicted molar refractivity (Wildman–Crippen MR) is 81.0 cm³/mol. The minimum absolute atomic E-state index is 0.243. The lowest BCUT2D eigenvalue weighted by Gasteiger charge is -2.18. The number of aliphatic hydroxyl groups is 1. The fraction of sp³-hybridized carbons (Fsp3) is 0.111. The Morgan fingerprint density at radius 2 is 1.67 bits per heavy atom. The van der Waals surface area contributed by atoms with Gasteiger partial charge in [0.25, 0.3) is 0 Å². The summed E-state index contributed by atoms with van der Waals surface area (Å²) < 4.78 is 19.3. The minimum atomic E-state index is -1.08. The standard InChI is InChI=1S/C18H15FO2/c1-21-16-11-10-12-6-2-3-7-13(12)17(16)18(20)14-8-4-5-9-15(14)19/h2-11,18,20H,1H3. The van der Waals surface area contributed by atoms with Gasteiger partial charge in [-0.2, -0.15) is 0 Å². The van der Waals surface area contributed by atoms with Crippen molar-refractivity contribution >= 4 is 10.8 Å². The summed E-state index contributed by atoms with van der Waals surface area (Å²) in [6, 6.07) is 17.6. The second kappa shape index (κ2) is 5.54. The van der Waals surface area contributed by atoms with E-state index in [2.05, 4.69) is 0 Å². The van der Waals surface area contributed by atoms with Crippen molar-refractivity contribution in [2.75, 3.05) is 7.11 Å². The predicted octanol–water partition coefficient (Wildman–Crippen LogP) is 4.07. The Balaban J connectivity index is 2.25. The van der Waals surface area contributed by atoms with Crippen LogP contribution in [0.3, 0.4) is 0 Å². The molecule has 2 nitrogen and oxygen atoms in total. The lowest BCUT2D eigenvalue weighted by Crippen LogP contribution is -2.05. The minimum Gasteiger partial charge on any atom is -0.496 e. The van der Waals surface area contributed by atoms with Crippen molar-refractivity contribution in [1.29, 1.82) is 0 Å². The molecule has 0 aliphatic carbocycles. The van der Waals surface area contributed by atoms with Crippen molar-refractivity contribution in [3.8, 4) is 5.75 Å². The Bertz CT molecular complexity index is 783. The number of aliphatic hydroxyl groups excluding tert-OH is 1. The lowest BCUT2D eigenvalue weighted by atomic mass is 9.94. The Morgan fingerprint density at radius 1 is 0.952 bits per heavy atom. The molecule has 0 fully saturated rings. The summed E-state index contributed by atoms with van der Waals surface area (Å²) in [4.78, 5) is 0. The summed E-state index contributed by atoms with van der Waals surface area (Å²) in [5, 5.41) is 12.5. The molecular weight excluding hydrogens is 267 g/mol. The smallest absolute Gasteiger partial charge is 0.129 e. The van der Waals surface area contributed by atoms with Crippen molar-refractivity contribution in [3.63, 3.8) is 0 Å². The van der Waals surface area contributed by atoms with Crippen molar-refractivity contribution in [1.82, 2.24) is 0 Å². The number of hydrogen-bond acceptors (Lipinski definition) is 2. The third kappa shape index (κ3) is 2.36. The third-order valence-electron chi connectivity index (χ3n) is 3.62. The Kier molecular flexibility index (Phi) is 3.59. The number of halogens is 1. The van der Waals surface area contributed by atoms with Crippen LogP contribution in [-0.4, -0.2) is 12.2 Å². The molecule has 3 rings (SSSR count). The molecule has 3 aromatic carbocycles. The molecule has 0 heterocycles. The molecule has 0 amide bonds. The highest BCUT2D eigenvalue weighted by Crippen LogP contribution is 2.36. The number of fused-ring (bicyclic) bond motifs is 1. The lowest BCUT2D eigenvalue weighted by molar-refractivity contribution is 0.211. The number of ether oxygens (including phenoxy) is 1. The van der Waals surface area contributed by atoms with E-state index in [1.165, 1.54) is 6.07 Å². The van der Waals surface area contributed by atoms with Gasteiger partial charge in [0.1, 0.15) is 17.7 Å². The monoisotopic (exact) mass is 282 g/mol. The summed E-state index contributed by atoms with van der Waals surface area (Å²) in [7, 11) is 1.54. The molecule has 1 unspecified atom stereocenters. The van der Waals surface area contributed by atoms with E-state index in [4.69, 9.17) is 4.74 Å². The molecule has 1 N–H and O–H groups in total. The van der Waals surface area contributed by atoms with E-state index in [9.17, 15) is 9.50 Å². The molecule has 3 aromatic rings. The van der Waals surface area contributed by atoms with E-state index in [0.717, 1.165) is 10.8 Å². The number of benzene rings is 3. The number of rotatable bonds is 3. The summed E-state index contributed by atoms with van der Waals surface area (Å²) in [5.74, 6) is 0.115. The maximum atomic E-state index is 14.0. The highest BCUT2D eigenvalue weighted by Gasteiger charge is 2.21. The first-order valence-electron chi connectivity index (χ1n) is 6.70. The van der Waals surface area contributed by atoms with Crippen molar-refractivity contribution < 1.29 is 14.2 Å². The zero-order chi connectivity index (χ0) is 14.8. The van der Waals surface area contributed by atoms with Gasteiger partial charge in [-0.05, 0) is 22.9 Å². The van der Waals surface area contributed by atoms with Crippen molar-refractivity contribution in [3.05, 3.63) is 77.6 Å². The van der Waals surface area contributed by atoms with Crippen LogP contribution in [0.2, 0.25) is 0 Å². The Morgan fingerprint density at radius 3 is 2.43 bits per heavy atom. The Labute approximate surface area is 122 Å². The largest absolute Gasteiger partial charge is 0.496 e. The van der Waals surface area contributed by atoms with Crippen molar-refractivity contribution in [2.45, 2.75) is 6.10 Å². The maximum Gasteiger partial charge on any atom is 0.129 e. The SMILES string of the molecule is COc1ccc2ccccc2c1C(O)c1ccccc1F. The van der Waals surface area contributed by atoms with E-state index in [1.54, 1.807) is 31.4 Å². The van der Waals surface area contributed by atoms with Gasteiger partial charge in [0.15, 0.2) is 0 Å². The van der Waals surface area contributed by atoms with Gasteiger partial charge in [0.2, 0.25) is 0 Å². The topological polar surface area (TPSA) is 29.5 Å². The van der Waals surface area contributed by atoms with Gasteiger partial charge in [-0.25, -0.2) is 4.39 Å². The maximum absolute atomic E-state index is 14.0. The highest BCUT2D eigenvalue weighted by molar-refractivity contribution is 5.88. The number of methoxy groups -OCH3 is 1. The van der Waals surface area contributed by atoms with Gasteiger partial charge in [-0.1, -0.05) is 48.5 Å². The molecule has 21 heavy (non-hydrogen) atoms. The average molecular weight is 282 g/mol. The molecule has 0 radical (unpaired) electrons. The zero-order valence-electron chi connectivity index (χ0n) is 11.6. The molecule has 1 atom stereocenters. The van der Waals surface area contributed by atoms with Gasteiger partial charge in [-0.3, -0.25) is 0 Å². The molecular formula is C18H15FO2. The fourth-order valence-corrected chi connectivity index (χ4v) is 2.59. The van der Waals surface area contributed by atoms with Crippen LogP contribution < -0.4 is 4.74 Å². The normalized spacial score (nSPS) is 12.3. The molecule has 3 heteroatoms. The van der Waals surface area contributed by atoms with E-state index in [1.807, 2.05) is 30.3 Å². The van der Waals surface area contributed by atoms with Crippen LogP contribution >= 0.6 is 0 Å². The molecule has 0 spiro atoms. The fourth-order valence-electron chi connectivity index (χ4n) is 2.59. The first-order chi connectivity index (χ1) is 10.2. The first-order valence-corrected chi connectivity index (χ1v) is 6.70. The summed E-state index contributed by atoms with van der Waals surface area (Å²) in [5.41, 5.74) is 0.827. The second-order valence-corrected chi connectivity index (χ2v) is 4.83. The van der Waals surface area contributed by atoms with Crippen LogP contribution in [0.5, 0.6) is 5.75 Å². The molecule has 0 aromatic heterocycles. The summed E-state index contributed by atoms with van der Waals surface area (Å²) >= 11 is 0. The van der Waals surface area contributed by atoms with E-state index in [0.29, 0.717) is 11.3 Å². The van der Waals surface area contributed by atoms with Crippen LogP contribution in [0.1, 0.15) is 17.2 Å². The zero-order valence-corrected chi connectivity index (χ0v) is 11.6. The van der Waals surface area contributed by atoms with Crippen LogP contribution in [0.15, 0.2) is 60.7 Å². The van der Waals surface area contributed by atoms with Gasteiger partial charge in [0, 0.05) is 11.1 Å². The molecule has 106 valence electrons. The molecule has 0 aliphatic rings. The molecule has 0 aliphatic heterocycles. The third-order valence-corrected chi connectivity index (χ3v) is 3.62. The average Bonchev–Trinajstić information content (AvgIpc) is 2.53. The van der Waals surface area contributed by atoms with Crippen LogP contribution in [-0.2, 0) is 0 Å². The van der Waals surface area contributed by atoms with Crippen LogP contribution in [0.25, 0.3) is 10.8 Å². The van der Waals surface area contributed by atoms with Gasteiger partial charge in [0.05, 0.1) is 7.11 Å². The highest BCUT2D eigenvalue weighted by atomic mass is 19.1. The summed E-state index contributed by atoms with van der Waals surface area (Å²) in [6.07, 6.45) is -1.08.